The summed E-state index contributed by atoms with van der Waals surface area (Å²) in [7, 11) is 3.98. The Morgan fingerprint density at radius 1 is 1.04 bits per heavy atom. The van der Waals surface area contributed by atoms with Crippen molar-refractivity contribution in [1.82, 2.24) is 10.2 Å². The average Bonchev–Trinajstić information content (AvgIpc) is 2.53. The monoisotopic (exact) mass is 354 g/mol. The number of anilines is 2. The molecule has 0 saturated heterocycles. The van der Waals surface area contributed by atoms with Crippen LogP contribution in [0.5, 0.6) is 0 Å². The molecule has 5 nitrogen and oxygen atoms in total. The lowest BCUT2D eigenvalue weighted by molar-refractivity contribution is 0.183. The van der Waals surface area contributed by atoms with Crippen LogP contribution in [0.3, 0.4) is 0 Å². The van der Waals surface area contributed by atoms with E-state index in [1.807, 2.05) is 93.2 Å². The van der Waals surface area contributed by atoms with Crippen LogP contribution in [0.2, 0.25) is 0 Å². The molecule has 0 spiro atoms. The molecule has 26 heavy (non-hydrogen) atoms. The second-order valence-electron chi connectivity index (χ2n) is 7.80. The first-order chi connectivity index (χ1) is 12.2. The number of hydrogen-bond acceptors (Lipinski definition) is 3. The van der Waals surface area contributed by atoms with Crippen molar-refractivity contribution in [2.75, 3.05) is 24.7 Å². The molecule has 2 aromatic rings. The maximum Gasteiger partial charge on any atom is 0.318 e. The molecule has 2 aromatic carbocycles. The second-order valence-corrected chi connectivity index (χ2v) is 7.80. The molecule has 0 aliphatic heterocycles. The van der Waals surface area contributed by atoms with E-state index in [2.05, 4.69) is 5.32 Å². The molecular formula is C21H30N4O. The molecule has 140 valence electrons. The molecule has 3 N–H and O–H groups in total. The van der Waals surface area contributed by atoms with E-state index in [9.17, 15) is 4.79 Å². The molecule has 0 heterocycles. The molecule has 2 rings (SSSR count). The van der Waals surface area contributed by atoms with Gasteiger partial charge >= 0.3 is 6.03 Å². The fourth-order valence-electron chi connectivity index (χ4n) is 2.78. The minimum atomic E-state index is -0.299. The van der Waals surface area contributed by atoms with Crippen molar-refractivity contribution in [3.8, 4) is 0 Å². The standard InChI is InChI=1S/C21H30N4O/c1-21(2,3)23-20(26)25(14-16-9-7-6-8-10-16)15-17-13-18(22)11-12-19(17)24(4)5/h6-13H,14-15,22H2,1-5H3,(H,23,26). The number of rotatable bonds is 5. The lowest BCUT2D eigenvalue weighted by Crippen LogP contribution is -2.48. The van der Waals surface area contributed by atoms with Crippen molar-refractivity contribution >= 4 is 17.4 Å². The van der Waals surface area contributed by atoms with Gasteiger partial charge in [-0.25, -0.2) is 4.79 Å². The smallest absolute Gasteiger partial charge is 0.318 e. The first kappa shape index (κ1) is 19.6. The topological polar surface area (TPSA) is 61.6 Å². The van der Waals surface area contributed by atoms with E-state index in [4.69, 9.17) is 5.73 Å². The maximum atomic E-state index is 12.9. The summed E-state index contributed by atoms with van der Waals surface area (Å²) >= 11 is 0. The van der Waals surface area contributed by atoms with Crippen molar-refractivity contribution in [3.05, 3.63) is 59.7 Å². The van der Waals surface area contributed by atoms with Crippen LogP contribution in [0.1, 0.15) is 31.9 Å². The van der Waals surface area contributed by atoms with Crippen molar-refractivity contribution in [2.24, 2.45) is 0 Å². The van der Waals surface area contributed by atoms with E-state index in [0.29, 0.717) is 18.8 Å². The number of amides is 2. The molecule has 0 unspecified atom stereocenters. The summed E-state index contributed by atoms with van der Waals surface area (Å²) in [5, 5.41) is 3.07. The third-order valence-corrected chi connectivity index (χ3v) is 3.93. The Labute approximate surface area is 156 Å². The van der Waals surface area contributed by atoms with Gasteiger partial charge in [0.05, 0.1) is 0 Å². The molecule has 0 fully saturated rings. The summed E-state index contributed by atoms with van der Waals surface area (Å²) in [6, 6.07) is 15.7. The zero-order valence-electron chi connectivity index (χ0n) is 16.4. The molecule has 0 bridgehead atoms. The van der Waals surface area contributed by atoms with Crippen LogP contribution in [0.15, 0.2) is 48.5 Å². The maximum absolute atomic E-state index is 12.9. The summed E-state index contributed by atoms with van der Waals surface area (Å²) in [5.74, 6) is 0. The quantitative estimate of drug-likeness (QED) is 0.802. The van der Waals surface area contributed by atoms with Gasteiger partial charge in [0.15, 0.2) is 0 Å². The van der Waals surface area contributed by atoms with Crippen LogP contribution in [0.25, 0.3) is 0 Å². The Balaban J connectivity index is 2.32. The van der Waals surface area contributed by atoms with Gasteiger partial charge in [0.25, 0.3) is 0 Å². The largest absolute Gasteiger partial charge is 0.399 e. The molecule has 5 heteroatoms. The molecule has 0 aromatic heterocycles. The second kappa shape index (κ2) is 8.13. The molecule has 0 aliphatic carbocycles. The molecular weight excluding hydrogens is 324 g/mol. The third-order valence-electron chi connectivity index (χ3n) is 3.93. The van der Waals surface area contributed by atoms with Gasteiger partial charge < -0.3 is 20.9 Å². The minimum absolute atomic E-state index is 0.0894. The van der Waals surface area contributed by atoms with E-state index < -0.39 is 0 Å². The number of benzene rings is 2. The number of carbonyl (C=O) groups is 1. The number of nitrogens with zero attached hydrogens (tertiary/aromatic N) is 2. The van der Waals surface area contributed by atoms with Crippen molar-refractivity contribution in [2.45, 2.75) is 39.4 Å². The Morgan fingerprint density at radius 3 is 2.27 bits per heavy atom. The number of nitrogens with one attached hydrogen (secondary N) is 1. The molecule has 0 radical (unpaired) electrons. The Hall–Kier alpha value is -2.69. The number of nitrogens with two attached hydrogens (primary N) is 1. The van der Waals surface area contributed by atoms with Crippen LogP contribution >= 0.6 is 0 Å². The Bertz CT molecular complexity index is 735. The fourth-order valence-corrected chi connectivity index (χ4v) is 2.78. The van der Waals surface area contributed by atoms with E-state index in [1.54, 1.807) is 0 Å². The number of carbonyl (C=O) groups excluding carboxylic acids is 1. The van der Waals surface area contributed by atoms with Crippen LogP contribution in [-0.4, -0.2) is 30.6 Å². The molecule has 0 saturated carbocycles. The van der Waals surface area contributed by atoms with E-state index in [1.165, 1.54) is 0 Å². The summed E-state index contributed by atoms with van der Waals surface area (Å²) < 4.78 is 0. The van der Waals surface area contributed by atoms with Gasteiger partial charge in [0.1, 0.15) is 0 Å². The van der Waals surface area contributed by atoms with Crippen LogP contribution < -0.4 is 16.0 Å². The van der Waals surface area contributed by atoms with Gasteiger partial charge in [-0.1, -0.05) is 30.3 Å². The summed E-state index contributed by atoms with van der Waals surface area (Å²) in [4.78, 5) is 16.8. The van der Waals surface area contributed by atoms with E-state index in [0.717, 1.165) is 16.8 Å². The van der Waals surface area contributed by atoms with Crippen LogP contribution in [-0.2, 0) is 13.1 Å². The zero-order valence-corrected chi connectivity index (χ0v) is 16.4. The third kappa shape index (κ3) is 5.69. The van der Waals surface area contributed by atoms with Crippen LogP contribution in [0, 0.1) is 0 Å². The lowest BCUT2D eigenvalue weighted by Gasteiger charge is -2.30. The SMILES string of the molecule is CN(C)c1ccc(N)cc1CN(Cc1ccccc1)C(=O)NC(C)(C)C. The van der Waals surface area contributed by atoms with Gasteiger partial charge in [-0.3, -0.25) is 0 Å². The lowest BCUT2D eigenvalue weighted by atomic mass is 10.1. The fraction of sp³-hybridized carbons (Fsp3) is 0.381. The van der Waals surface area contributed by atoms with Gasteiger partial charge in [0, 0.05) is 44.1 Å². The Morgan fingerprint density at radius 2 is 1.69 bits per heavy atom. The highest BCUT2D eigenvalue weighted by Gasteiger charge is 2.21. The first-order valence-electron chi connectivity index (χ1n) is 8.82. The highest BCUT2D eigenvalue weighted by atomic mass is 16.2. The van der Waals surface area contributed by atoms with Gasteiger partial charge in [-0.05, 0) is 50.1 Å². The highest BCUT2D eigenvalue weighted by Crippen LogP contribution is 2.24. The van der Waals surface area contributed by atoms with Crippen molar-refractivity contribution in [1.29, 1.82) is 0 Å². The summed E-state index contributed by atoms with van der Waals surface area (Å²) in [6.45, 7) is 6.96. The summed E-state index contributed by atoms with van der Waals surface area (Å²) in [5.41, 5.74) is 9.56. The van der Waals surface area contributed by atoms with Gasteiger partial charge in [0.2, 0.25) is 0 Å². The number of nitrogen functional groups attached to an aromatic ring is 1. The number of hydrogen-bond donors (Lipinski definition) is 2. The minimum Gasteiger partial charge on any atom is -0.399 e. The van der Waals surface area contributed by atoms with E-state index in [-0.39, 0.29) is 11.6 Å². The summed E-state index contributed by atoms with van der Waals surface area (Å²) in [6.07, 6.45) is 0. The van der Waals surface area contributed by atoms with Crippen molar-refractivity contribution < 1.29 is 4.79 Å². The predicted octanol–water partition coefficient (Wildman–Crippen LogP) is 3.85. The van der Waals surface area contributed by atoms with Gasteiger partial charge in [-0.15, -0.1) is 0 Å². The predicted molar refractivity (Wildman–Crippen MR) is 109 cm³/mol. The van der Waals surface area contributed by atoms with E-state index >= 15 is 0 Å². The zero-order chi connectivity index (χ0) is 19.3. The molecule has 0 aliphatic rings. The van der Waals surface area contributed by atoms with Crippen LogP contribution in [0.4, 0.5) is 16.2 Å². The number of urea groups is 1. The first-order valence-corrected chi connectivity index (χ1v) is 8.82. The normalized spacial score (nSPS) is 11.1. The average molecular weight is 354 g/mol. The molecule has 0 atom stereocenters. The highest BCUT2D eigenvalue weighted by molar-refractivity contribution is 5.75. The van der Waals surface area contributed by atoms with Crippen molar-refractivity contribution in [3.63, 3.8) is 0 Å². The van der Waals surface area contributed by atoms with Gasteiger partial charge in [-0.2, -0.15) is 0 Å². The molecule has 2 amide bonds. The Kier molecular flexibility index (Phi) is 6.14.